The Morgan fingerprint density at radius 3 is 2.37 bits per heavy atom. The fourth-order valence-corrected chi connectivity index (χ4v) is 3.23. The Bertz CT molecular complexity index is 269. The zero-order valence-electron chi connectivity index (χ0n) is 13.2. The van der Waals surface area contributed by atoms with Crippen LogP contribution in [-0.4, -0.2) is 36.1 Å². The zero-order chi connectivity index (χ0) is 14.1. The van der Waals surface area contributed by atoms with Crippen LogP contribution >= 0.6 is 0 Å². The lowest BCUT2D eigenvalue weighted by Gasteiger charge is -2.44. The molecule has 110 valence electrons. The first-order valence-electron chi connectivity index (χ1n) is 8.04. The first-order valence-corrected chi connectivity index (χ1v) is 8.04. The number of hydrogen-bond donors (Lipinski definition) is 1. The standard InChI is InChI=1S/C17H32N2/c1-5-7-10-13-16(18-6-2)17(3,4)19-14-11-8-9-12-15-19/h1,16,18H,6-15H2,2-4H3. The quantitative estimate of drug-likeness (QED) is 0.560. The van der Waals surface area contributed by atoms with Gasteiger partial charge in [0.25, 0.3) is 0 Å². The Balaban J connectivity index is 2.63. The molecule has 0 aromatic carbocycles. The first-order chi connectivity index (χ1) is 9.12. The summed E-state index contributed by atoms with van der Waals surface area (Å²) in [6, 6.07) is 0.545. The van der Waals surface area contributed by atoms with E-state index < -0.39 is 0 Å². The van der Waals surface area contributed by atoms with Crippen LogP contribution in [0.2, 0.25) is 0 Å². The van der Waals surface area contributed by atoms with Crippen molar-refractivity contribution in [3.8, 4) is 12.3 Å². The van der Waals surface area contributed by atoms with Crippen LogP contribution in [0.4, 0.5) is 0 Å². The van der Waals surface area contributed by atoms with E-state index >= 15 is 0 Å². The number of terminal acetylenes is 1. The van der Waals surface area contributed by atoms with Gasteiger partial charge in [0, 0.05) is 18.0 Å². The highest BCUT2D eigenvalue weighted by molar-refractivity contribution is 4.95. The smallest absolute Gasteiger partial charge is 0.0306 e. The van der Waals surface area contributed by atoms with E-state index in [0.717, 1.165) is 19.4 Å². The van der Waals surface area contributed by atoms with Crippen molar-refractivity contribution < 1.29 is 0 Å². The Labute approximate surface area is 120 Å². The molecule has 2 nitrogen and oxygen atoms in total. The molecule has 0 amide bonds. The van der Waals surface area contributed by atoms with Crippen molar-refractivity contribution in [3.63, 3.8) is 0 Å². The third kappa shape index (κ3) is 5.16. The molecule has 0 saturated carbocycles. The van der Waals surface area contributed by atoms with Gasteiger partial charge in [0.2, 0.25) is 0 Å². The summed E-state index contributed by atoms with van der Waals surface area (Å²) >= 11 is 0. The minimum absolute atomic E-state index is 0.231. The zero-order valence-corrected chi connectivity index (χ0v) is 13.2. The van der Waals surface area contributed by atoms with Gasteiger partial charge in [-0.15, -0.1) is 12.3 Å². The van der Waals surface area contributed by atoms with Crippen molar-refractivity contribution >= 4 is 0 Å². The van der Waals surface area contributed by atoms with Crippen molar-refractivity contribution in [3.05, 3.63) is 0 Å². The lowest BCUT2D eigenvalue weighted by Crippen LogP contribution is -2.58. The summed E-state index contributed by atoms with van der Waals surface area (Å²) in [4.78, 5) is 2.70. The third-order valence-electron chi connectivity index (χ3n) is 4.54. The highest BCUT2D eigenvalue weighted by Crippen LogP contribution is 2.26. The molecule has 0 aromatic rings. The van der Waals surface area contributed by atoms with Gasteiger partial charge in [-0.25, -0.2) is 0 Å². The first kappa shape index (κ1) is 16.5. The lowest BCUT2D eigenvalue weighted by molar-refractivity contribution is 0.0800. The summed E-state index contributed by atoms with van der Waals surface area (Å²) in [7, 11) is 0. The molecule has 1 fully saturated rings. The predicted molar refractivity (Wildman–Crippen MR) is 84.3 cm³/mol. The number of hydrogen-bond acceptors (Lipinski definition) is 2. The van der Waals surface area contributed by atoms with Crippen LogP contribution in [0.1, 0.15) is 65.7 Å². The van der Waals surface area contributed by atoms with Crippen LogP contribution in [0, 0.1) is 12.3 Å². The van der Waals surface area contributed by atoms with Gasteiger partial charge in [-0.2, -0.15) is 0 Å². The molecule has 0 bridgehead atoms. The van der Waals surface area contributed by atoms with Crippen molar-refractivity contribution in [2.75, 3.05) is 19.6 Å². The van der Waals surface area contributed by atoms with Gasteiger partial charge in [-0.05, 0) is 59.2 Å². The van der Waals surface area contributed by atoms with Gasteiger partial charge in [0.05, 0.1) is 0 Å². The van der Waals surface area contributed by atoms with Crippen LogP contribution in [0.5, 0.6) is 0 Å². The maximum Gasteiger partial charge on any atom is 0.0306 e. The van der Waals surface area contributed by atoms with Gasteiger partial charge in [-0.1, -0.05) is 19.8 Å². The van der Waals surface area contributed by atoms with Crippen LogP contribution < -0.4 is 5.32 Å². The molecule has 1 aliphatic rings. The molecular formula is C17H32N2. The molecule has 1 aliphatic heterocycles. The average molecular weight is 264 g/mol. The van der Waals surface area contributed by atoms with Gasteiger partial charge in [0.1, 0.15) is 0 Å². The van der Waals surface area contributed by atoms with Crippen molar-refractivity contribution in [1.82, 2.24) is 10.2 Å². The molecule has 1 saturated heterocycles. The molecule has 1 unspecified atom stereocenters. The van der Waals surface area contributed by atoms with Crippen LogP contribution in [0.15, 0.2) is 0 Å². The average Bonchev–Trinajstić information content (AvgIpc) is 2.67. The van der Waals surface area contributed by atoms with E-state index in [4.69, 9.17) is 6.42 Å². The summed E-state index contributed by atoms with van der Waals surface area (Å²) in [5.74, 6) is 2.76. The molecule has 1 heterocycles. The predicted octanol–water partition coefficient (Wildman–Crippen LogP) is 3.42. The second-order valence-corrected chi connectivity index (χ2v) is 6.26. The second-order valence-electron chi connectivity index (χ2n) is 6.26. The summed E-state index contributed by atoms with van der Waals surface area (Å²) in [5.41, 5.74) is 0.231. The lowest BCUT2D eigenvalue weighted by atomic mass is 9.88. The molecule has 1 N–H and O–H groups in total. The maximum absolute atomic E-state index is 5.38. The van der Waals surface area contributed by atoms with Crippen LogP contribution in [-0.2, 0) is 0 Å². The largest absolute Gasteiger partial charge is 0.312 e. The summed E-state index contributed by atoms with van der Waals surface area (Å²) < 4.78 is 0. The molecule has 0 radical (unpaired) electrons. The minimum Gasteiger partial charge on any atom is -0.312 e. The van der Waals surface area contributed by atoms with Crippen molar-refractivity contribution in [2.45, 2.75) is 77.3 Å². The van der Waals surface area contributed by atoms with E-state index in [0.29, 0.717) is 6.04 Å². The van der Waals surface area contributed by atoms with E-state index in [9.17, 15) is 0 Å². The monoisotopic (exact) mass is 264 g/mol. The van der Waals surface area contributed by atoms with E-state index in [1.165, 1.54) is 45.2 Å². The molecule has 0 aliphatic carbocycles. The topological polar surface area (TPSA) is 15.3 Å². The van der Waals surface area contributed by atoms with Crippen LogP contribution in [0.25, 0.3) is 0 Å². The van der Waals surface area contributed by atoms with Gasteiger partial charge >= 0.3 is 0 Å². The molecule has 19 heavy (non-hydrogen) atoms. The SMILES string of the molecule is C#CCCCC(NCC)C(C)(C)N1CCCCCC1. The van der Waals surface area contributed by atoms with Gasteiger partial charge in [0.15, 0.2) is 0 Å². The Hall–Kier alpha value is -0.520. The molecular weight excluding hydrogens is 232 g/mol. The molecule has 0 aromatic heterocycles. The fraction of sp³-hybridized carbons (Fsp3) is 0.882. The second kappa shape index (κ2) is 8.61. The molecule has 1 atom stereocenters. The van der Waals surface area contributed by atoms with E-state index in [2.05, 4.69) is 36.9 Å². The highest BCUT2D eigenvalue weighted by atomic mass is 15.2. The fourth-order valence-electron chi connectivity index (χ4n) is 3.23. The normalized spacial score (nSPS) is 19.7. The van der Waals surface area contributed by atoms with Gasteiger partial charge < -0.3 is 5.32 Å². The number of nitrogens with zero attached hydrogens (tertiary/aromatic N) is 1. The van der Waals surface area contributed by atoms with Crippen molar-refractivity contribution in [2.24, 2.45) is 0 Å². The van der Waals surface area contributed by atoms with E-state index in [1.807, 2.05) is 0 Å². The van der Waals surface area contributed by atoms with E-state index in [1.54, 1.807) is 0 Å². The Morgan fingerprint density at radius 1 is 1.21 bits per heavy atom. The van der Waals surface area contributed by atoms with Crippen molar-refractivity contribution in [1.29, 1.82) is 0 Å². The molecule has 2 heteroatoms. The minimum atomic E-state index is 0.231. The number of rotatable bonds is 7. The number of unbranched alkanes of at least 4 members (excludes halogenated alkanes) is 1. The number of likely N-dealkylation sites (N-methyl/N-ethyl adjacent to an activating group) is 1. The highest BCUT2D eigenvalue weighted by Gasteiger charge is 2.34. The molecule has 1 rings (SSSR count). The summed E-state index contributed by atoms with van der Waals surface area (Å²) in [6.07, 6.45) is 14.1. The molecule has 0 spiro atoms. The Morgan fingerprint density at radius 2 is 1.84 bits per heavy atom. The maximum atomic E-state index is 5.38. The van der Waals surface area contributed by atoms with E-state index in [-0.39, 0.29) is 5.54 Å². The Kier molecular flexibility index (Phi) is 7.49. The van der Waals surface area contributed by atoms with Gasteiger partial charge in [-0.3, -0.25) is 4.90 Å². The number of likely N-dealkylation sites (tertiary alicyclic amines) is 1. The summed E-state index contributed by atoms with van der Waals surface area (Å²) in [5, 5.41) is 3.69. The number of nitrogens with one attached hydrogen (secondary N) is 1. The third-order valence-corrected chi connectivity index (χ3v) is 4.54. The van der Waals surface area contributed by atoms with Crippen LogP contribution in [0.3, 0.4) is 0 Å². The summed E-state index contributed by atoms with van der Waals surface area (Å²) in [6.45, 7) is 10.6.